The van der Waals surface area contributed by atoms with Gasteiger partial charge < -0.3 is 29.1 Å². The number of benzene rings is 3. The topological polar surface area (TPSA) is 91.1 Å². The number of aromatic nitrogens is 2. The summed E-state index contributed by atoms with van der Waals surface area (Å²) in [6.07, 6.45) is -0.219. The van der Waals surface area contributed by atoms with Gasteiger partial charge in [-0.05, 0) is 74.0 Å². The van der Waals surface area contributed by atoms with Gasteiger partial charge in [0.2, 0.25) is 12.1 Å². The quantitative estimate of drug-likeness (QED) is 0.211. The monoisotopic (exact) mass is 705 g/mol. The van der Waals surface area contributed by atoms with Crippen molar-refractivity contribution in [2.24, 2.45) is 5.10 Å². The van der Waals surface area contributed by atoms with Crippen molar-refractivity contribution in [3.05, 3.63) is 102 Å². The van der Waals surface area contributed by atoms with Crippen molar-refractivity contribution in [2.75, 3.05) is 54.1 Å². The molecule has 11 nitrogen and oxygen atoms in total. The van der Waals surface area contributed by atoms with Crippen LogP contribution in [0.15, 0.2) is 96.4 Å². The van der Waals surface area contributed by atoms with E-state index in [0.29, 0.717) is 5.75 Å². The highest BCUT2D eigenvalue weighted by Gasteiger charge is 2.49. The number of hydrogen-bond donors (Lipinski definition) is 1. The summed E-state index contributed by atoms with van der Waals surface area (Å²) in [5.74, 6) is -1.05. The molecule has 3 aliphatic rings. The molecule has 1 aromatic heterocycles. The molecule has 3 aliphatic heterocycles. The molecular formula is C37H42F3N7O4. The second-order valence-electron chi connectivity index (χ2n) is 13.0. The molecule has 0 saturated carbocycles. The third-order valence-corrected chi connectivity index (χ3v) is 9.70. The zero-order valence-electron chi connectivity index (χ0n) is 28.6. The lowest BCUT2D eigenvalue weighted by atomic mass is 9.98. The fraction of sp³-hybridized carbons (Fsp3) is 0.405. The summed E-state index contributed by atoms with van der Waals surface area (Å²) in [7, 11) is 0. The number of nitrogens with zero attached hydrogens (tertiary/aromatic N) is 7. The number of hydrogen-bond acceptors (Lipinski definition) is 10. The van der Waals surface area contributed by atoms with E-state index in [9.17, 15) is 18.3 Å². The number of rotatable bonds is 11. The summed E-state index contributed by atoms with van der Waals surface area (Å²) >= 11 is 0. The summed E-state index contributed by atoms with van der Waals surface area (Å²) in [5.41, 5.74) is 2.18. The molecule has 0 spiro atoms. The third-order valence-electron chi connectivity index (χ3n) is 9.70. The van der Waals surface area contributed by atoms with Crippen LogP contribution in [0.25, 0.3) is 0 Å². The van der Waals surface area contributed by atoms with E-state index in [1.165, 1.54) is 16.8 Å². The van der Waals surface area contributed by atoms with Crippen LogP contribution < -0.4 is 19.4 Å². The number of aliphatic hydroxyl groups excluding tert-OH is 1. The van der Waals surface area contributed by atoms with Gasteiger partial charge in [-0.25, -0.2) is 5.01 Å². The zero-order valence-corrected chi connectivity index (χ0v) is 28.6. The van der Waals surface area contributed by atoms with Gasteiger partial charge in [-0.3, -0.25) is 9.58 Å². The molecule has 4 atom stereocenters. The molecule has 14 heteroatoms. The first-order valence-corrected chi connectivity index (χ1v) is 17.2. The minimum atomic E-state index is -4.58. The average Bonchev–Trinajstić information content (AvgIpc) is 3.92. The van der Waals surface area contributed by atoms with Crippen molar-refractivity contribution in [3.8, 4) is 5.75 Å². The standard InChI is InChI=1S/C37H42F3N7O4/c1-3-27(2)47-35(48)46(26-42-47)30-11-9-28(10-12-30)43-19-21-44(22-20-43)29-13-15-31(16-14-29)49-23-32-24-50-36(51-32,25-45-18-6-17-41-45)33-7-4-5-8-34(33)37(38,39)40/h4-18,26-27,32,35,48H,3,19-25H2,1-2H3/t27?,32-,35?,36-/m1/s1. The summed E-state index contributed by atoms with van der Waals surface area (Å²) in [6, 6.07) is 23.2. The summed E-state index contributed by atoms with van der Waals surface area (Å²) in [6.45, 7) is 7.61. The number of alkyl halides is 3. The van der Waals surface area contributed by atoms with Gasteiger partial charge in [0.25, 0.3) is 0 Å². The molecule has 0 radical (unpaired) electrons. The summed E-state index contributed by atoms with van der Waals surface area (Å²) in [5, 5.41) is 21.0. The highest BCUT2D eigenvalue weighted by molar-refractivity contribution is 5.81. The Bertz CT molecular complexity index is 1770. The van der Waals surface area contributed by atoms with Crippen molar-refractivity contribution in [2.45, 2.75) is 57.3 Å². The third kappa shape index (κ3) is 7.34. The second-order valence-corrected chi connectivity index (χ2v) is 13.0. The maximum absolute atomic E-state index is 14.0. The Morgan fingerprint density at radius 2 is 1.57 bits per heavy atom. The Morgan fingerprint density at radius 1 is 0.922 bits per heavy atom. The molecule has 1 N–H and O–H groups in total. The lowest BCUT2D eigenvalue weighted by molar-refractivity contribution is -0.198. The molecule has 7 rings (SSSR count). The molecule has 4 heterocycles. The number of piperazine rings is 1. The highest BCUT2D eigenvalue weighted by Crippen LogP contribution is 2.43. The van der Waals surface area contributed by atoms with Crippen molar-refractivity contribution < 1.29 is 32.5 Å². The van der Waals surface area contributed by atoms with Gasteiger partial charge in [-0.2, -0.15) is 23.4 Å². The Kier molecular flexibility index (Phi) is 9.81. The predicted octanol–water partition coefficient (Wildman–Crippen LogP) is 5.72. The first-order chi connectivity index (χ1) is 24.6. The van der Waals surface area contributed by atoms with Gasteiger partial charge in [-0.1, -0.05) is 25.1 Å². The minimum absolute atomic E-state index is 0.0493. The van der Waals surface area contributed by atoms with Crippen LogP contribution in [0.1, 0.15) is 31.4 Å². The Hall–Kier alpha value is -4.79. The lowest BCUT2D eigenvalue weighted by Gasteiger charge is -2.37. The van der Waals surface area contributed by atoms with Crippen LogP contribution in [-0.2, 0) is 28.0 Å². The van der Waals surface area contributed by atoms with Crippen LogP contribution in [0.5, 0.6) is 5.75 Å². The van der Waals surface area contributed by atoms with Crippen LogP contribution in [0.2, 0.25) is 0 Å². The average molecular weight is 706 g/mol. The van der Waals surface area contributed by atoms with Crippen molar-refractivity contribution in [1.29, 1.82) is 0 Å². The number of anilines is 3. The van der Waals surface area contributed by atoms with Crippen LogP contribution in [0.3, 0.4) is 0 Å². The first-order valence-electron chi connectivity index (χ1n) is 17.2. The van der Waals surface area contributed by atoms with E-state index in [-0.39, 0.29) is 31.4 Å². The van der Waals surface area contributed by atoms with E-state index in [1.54, 1.807) is 40.8 Å². The number of aliphatic hydroxyl groups is 1. The molecule has 2 saturated heterocycles. The van der Waals surface area contributed by atoms with Gasteiger partial charge in [0, 0.05) is 67.2 Å². The van der Waals surface area contributed by atoms with E-state index in [1.807, 2.05) is 43.3 Å². The smallest absolute Gasteiger partial charge is 0.416 e. The van der Waals surface area contributed by atoms with Crippen molar-refractivity contribution >= 4 is 23.4 Å². The number of hydrazone groups is 1. The molecule has 0 aliphatic carbocycles. The van der Waals surface area contributed by atoms with Crippen molar-refractivity contribution in [1.82, 2.24) is 14.8 Å². The van der Waals surface area contributed by atoms with Crippen LogP contribution in [0, 0.1) is 0 Å². The second kappa shape index (κ2) is 14.4. The molecule has 3 aromatic carbocycles. The maximum Gasteiger partial charge on any atom is 0.416 e. The summed E-state index contributed by atoms with van der Waals surface area (Å²) in [4.78, 5) is 6.44. The van der Waals surface area contributed by atoms with Gasteiger partial charge in [0.1, 0.15) is 24.8 Å². The predicted molar refractivity (Wildman–Crippen MR) is 188 cm³/mol. The molecule has 0 bridgehead atoms. The number of halogens is 3. The maximum atomic E-state index is 14.0. The number of ether oxygens (including phenoxy) is 3. The van der Waals surface area contributed by atoms with Gasteiger partial charge in [0.15, 0.2) is 0 Å². The van der Waals surface area contributed by atoms with Gasteiger partial charge >= 0.3 is 6.18 Å². The largest absolute Gasteiger partial charge is 0.491 e. The van der Waals surface area contributed by atoms with E-state index >= 15 is 0 Å². The fourth-order valence-electron chi connectivity index (χ4n) is 6.72. The molecule has 51 heavy (non-hydrogen) atoms. The molecule has 2 unspecified atom stereocenters. The fourth-order valence-corrected chi connectivity index (χ4v) is 6.72. The minimum Gasteiger partial charge on any atom is -0.491 e. The normalized spacial score (nSPS) is 22.9. The highest BCUT2D eigenvalue weighted by atomic mass is 19.4. The Balaban J connectivity index is 0.925. The van der Waals surface area contributed by atoms with Crippen molar-refractivity contribution in [3.63, 3.8) is 0 Å². The summed E-state index contributed by atoms with van der Waals surface area (Å²) < 4.78 is 61.9. The Morgan fingerprint density at radius 3 is 2.20 bits per heavy atom. The lowest BCUT2D eigenvalue weighted by Crippen LogP contribution is -2.46. The Labute approximate surface area is 295 Å². The molecular weight excluding hydrogens is 663 g/mol. The van der Waals surface area contributed by atoms with Crippen LogP contribution in [-0.4, -0.2) is 84.1 Å². The van der Waals surface area contributed by atoms with E-state index in [4.69, 9.17) is 14.2 Å². The van der Waals surface area contributed by atoms with Gasteiger partial charge in [-0.15, -0.1) is 0 Å². The van der Waals surface area contributed by atoms with Crippen LogP contribution >= 0.6 is 0 Å². The molecule has 270 valence electrons. The van der Waals surface area contributed by atoms with E-state index in [2.05, 4.69) is 39.1 Å². The molecule has 0 amide bonds. The van der Waals surface area contributed by atoms with E-state index in [0.717, 1.165) is 55.7 Å². The molecule has 2 fully saturated rings. The van der Waals surface area contributed by atoms with Crippen LogP contribution in [0.4, 0.5) is 30.2 Å². The SMILES string of the molecule is CCC(C)N1N=CN(c2ccc(N3CCN(c4ccc(OC[C@@H]5CO[C@@](Cn6cccn6)(c6ccccc6C(F)(F)F)O5)cc4)CC3)cc2)C1O. The van der Waals surface area contributed by atoms with Gasteiger partial charge in [0.05, 0.1) is 18.7 Å². The zero-order chi connectivity index (χ0) is 35.6. The first kappa shape index (κ1) is 34.6. The molecule has 4 aromatic rings. The van der Waals surface area contributed by atoms with E-state index < -0.39 is 30.0 Å².